The Bertz CT molecular complexity index is 674. The van der Waals surface area contributed by atoms with E-state index < -0.39 is 11.7 Å². The van der Waals surface area contributed by atoms with Crippen LogP contribution in [0.2, 0.25) is 5.02 Å². The number of hydrogen-bond donors (Lipinski definition) is 0. The van der Waals surface area contributed by atoms with Crippen molar-refractivity contribution in [2.24, 2.45) is 0 Å². The van der Waals surface area contributed by atoms with Crippen LogP contribution in [0.3, 0.4) is 0 Å². The number of benzene rings is 2. The van der Waals surface area contributed by atoms with E-state index >= 15 is 0 Å². The van der Waals surface area contributed by atoms with Crippen molar-refractivity contribution in [2.45, 2.75) is 5.92 Å². The highest BCUT2D eigenvalue weighted by molar-refractivity contribution is 6.32. The number of fused-ring (bicyclic) bond motifs is 1. The molecule has 0 saturated carbocycles. The number of rotatable bonds is 1. The second kappa shape index (κ2) is 4.28. The second-order valence-electron chi connectivity index (χ2n) is 4.38. The van der Waals surface area contributed by atoms with Gasteiger partial charge in [0.2, 0.25) is 0 Å². The fraction of sp³-hybridized carbons (Fsp3) is 0.0667. The third kappa shape index (κ3) is 1.78. The Morgan fingerprint density at radius 1 is 0.947 bits per heavy atom. The van der Waals surface area contributed by atoms with Crippen LogP contribution in [-0.2, 0) is 0 Å². The number of carbonyl (C=O) groups excluding carboxylic acids is 2. The lowest BCUT2D eigenvalue weighted by Crippen LogP contribution is -2.12. The van der Waals surface area contributed by atoms with Crippen LogP contribution in [0, 0.1) is 5.82 Å². The molecule has 4 heteroatoms. The Morgan fingerprint density at radius 3 is 2.05 bits per heavy atom. The molecular weight excluding hydrogens is 267 g/mol. The van der Waals surface area contributed by atoms with E-state index in [1.807, 2.05) is 0 Å². The quantitative estimate of drug-likeness (QED) is 0.744. The van der Waals surface area contributed by atoms with Gasteiger partial charge in [-0.15, -0.1) is 0 Å². The van der Waals surface area contributed by atoms with Gasteiger partial charge in [-0.3, -0.25) is 9.59 Å². The molecule has 0 saturated heterocycles. The maximum absolute atomic E-state index is 13.1. The summed E-state index contributed by atoms with van der Waals surface area (Å²) in [5.41, 5.74) is 1.26. The SMILES string of the molecule is O=C1c2ccccc2C(=O)C1c1ccc(F)c(Cl)c1. The normalized spacial score (nSPS) is 14.8. The average Bonchev–Trinajstić information content (AvgIpc) is 2.66. The molecule has 0 fully saturated rings. The molecule has 1 aliphatic carbocycles. The van der Waals surface area contributed by atoms with E-state index in [-0.39, 0.29) is 16.6 Å². The lowest BCUT2D eigenvalue weighted by Gasteiger charge is -2.07. The van der Waals surface area contributed by atoms with Crippen LogP contribution < -0.4 is 0 Å². The average molecular weight is 275 g/mol. The van der Waals surface area contributed by atoms with Crippen molar-refractivity contribution >= 4 is 23.2 Å². The van der Waals surface area contributed by atoms with Gasteiger partial charge in [-0.1, -0.05) is 41.9 Å². The largest absolute Gasteiger partial charge is 0.293 e. The maximum Gasteiger partial charge on any atom is 0.178 e. The van der Waals surface area contributed by atoms with Crippen LogP contribution in [0.1, 0.15) is 32.2 Å². The number of hydrogen-bond acceptors (Lipinski definition) is 2. The minimum absolute atomic E-state index is 0.0888. The van der Waals surface area contributed by atoms with Crippen molar-refractivity contribution in [3.63, 3.8) is 0 Å². The van der Waals surface area contributed by atoms with Crippen molar-refractivity contribution in [3.8, 4) is 0 Å². The lowest BCUT2D eigenvalue weighted by molar-refractivity contribution is 0.0890. The van der Waals surface area contributed by atoms with Crippen LogP contribution in [-0.4, -0.2) is 11.6 Å². The van der Waals surface area contributed by atoms with E-state index in [0.717, 1.165) is 0 Å². The minimum atomic E-state index is -0.907. The number of halogens is 2. The molecule has 0 atom stereocenters. The molecule has 1 aliphatic rings. The van der Waals surface area contributed by atoms with Gasteiger partial charge >= 0.3 is 0 Å². The highest BCUT2D eigenvalue weighted by Gasteiger charge is 2.39. The zero-order valence-electron chi connectivity index (χ0n) is 9.69. The molecule has 3 rings (SSSR count). The summed E-state index contributed by atoms with van der Waals surface area (Å²) in [6, 6.07) is 10.6. The number of carbonyl (C=O) groups is 2. The molecule has 0 spiro atoms. The maximum atomic E-state index is 13.1. The van der Waals surface area contributed by atoms with E-state index in [1.54, 1.807) is 24.3 Å². The van der Waals surface area contributed by atoms with Gasteiger partial charge in [0.1, 0.15) is 11.7 Å². The Labute approximate surface area is 113 Å². The smallest absolute Gasteiger partial charge is 0.178 e. The van der Waals surface area contributed by atoms with Gasteiger partial charge in [-0.25, -0.2) is 4.39 Å². The molecule has 2 aromatic carbocycles. The fourth-order valence-corrected chi connectivity index (χ4v) is 2.53. The zero-order valence-corrected chi connectivity index (χ0v) is 10.4. The topological polar surface area (TPSA) is 34.1 Å². The molecule has 2 aromatic rings. The molecule has 0 heterocycles. The van der Waals surface area contributed by atoms with Gasteiger partial charge in [0, 0.05) is 11.1 Å². The Morgan fingerprint density at radius 2 is 1.53 bits per heavy atom. The summed E-state index contributed by atoms with van der Waals surface area (Å²) >= 11 is 5.70. The van der Waals surface area contributed by atoms with Crippen molar-refractivity contribution in [1.82, 2.24) is 0 Å². The molecule has 0 N–H and O–H groups in total. The van der Waals surface area contributed by atoms with Crippen LogP contribution in [0.5, 0.6) is 0 Å². The first-order valence-corrected chi connectivity index (χ1v) is 6.10. The van der Waals surface area contributed by atoms with E-state index in [1.165, 1.54) is 18.2 Å². The first kappa shape index (κ1) is 12.1. The molecule has 0 aromatic heterocycles. The van der Waals surface area contributed by atoms with Crippen LogP contribution in [0.4, 0.5) is 4.39 Å². The summed E-state index contributed by atoms with van der Waals surface area (Å²) < 4.78 is 13.1. The number of Topliss-reactive ketones (excluding diaryl/α,β-unsaturated/α-hetero) is 2. The van der Waals surface area contributed by atoms with Crippen LogP contribution in [0.25, 0.3) is 0 Å². The van der Waals surface area contributed by atoms with Gasteiger partial charge in [0.25, 0.3) is 0 Å². The monoisotopic (exact) mass is 274 g/mol. The first-order valence-electron chi connectivity index (χ1n) is 5.72. The summed E-state index contributed by atoms with van der Waals surface area (Å²) in [5.74, 6) is -2.00. The standard InChI is InChI=1S/C15H8ClFO2/c16-11-7-8(5-6-12(11)17)13-14(18)9-3-1-2-4-10(9)15(13)19/h1-7,13H. The summed E-state index contributed by atoms with van der Waals surface area (Å²) in [5, 5.41) is -0.0888. The zero-order chi connectivity index (χ0) is 13.6. The third-order valence-electron chi connectivity index (χ3n) is 3.26. The van der Waals surface area contributed by atoms with Gasteiger partial charge in [-0.05, 0) is 17.7 Å². The third-order valence-corrected chi connectivity index (χ3v) is 3.55. The van der Waals surface area contributed by atoms with Crippen molar-refractivity contribution in [1.29, 1.82) is 0 Å². The van der Waals surface area contributed by atoms with E-state index in [4.69, 9.17) is 11.6 Å². The highest BCUT2D eigenvalue weighted by Crippen LogP contribution is 2.35. The Balaban J connectivity index is 2.11. The minimum Gasteiger partial charge on any atom is -0.293 e. The van der Waals surface area contributed by atoms with Gasteiger partial charge in [0.15, 0.2) is 11.6 Å². The van der Waals surface area contributed by atoms with E-state index in [2.05, 4.69) is 0 Å². The molecule has 0 unspecified atom stereocenters. The molecular formula is C15H8ClFO2. The predicted octanol–water partition coefficient (Wildman–Crippen LogP) is 3.64. The van der Waals surface area contributed by atoms with Crippen LogP contribution in [0.15, 0.2) is 42.5 Å². The molecule has 0 radical (unpaired) electrons. The Kier molecular flexibility index (Phi) is 2.72. The first-order chi connectivity index (χ1) is 9.09. The molecule has 0 amide bonds. The molecule has 94 valence electrons. The summed E-state index contributed by atoms with van der Waals surface area (Å²) in [7, 11) is 0. The van der Waals surface area contributed by atoms with Crippen molar-refractivity contribution in [2.75, 3.05) is 0 Å². The summed E-state index contributed by atoms with van der Waals surface area (Å²) in [6.45, 7) is 0. The van der Waals surface area contributed by atoms with E-state index in [0.29, 0.717) is 16.7 Å². The van der Waals surface area contributed by atoms with E-state index in [9.17, 15) is 14.0 Å². The number of ketones is 2. The lowest BCUT2D eigenvalue weighted by atomic mass is 9.94. The van der Waals surface area contributed by atoms with Gasteiger partial charge in [0.05, 0.1) is 5.02 Å². The molecule has 2 nitrogen and oxygen atoms in total. The molecule has 0 bridgehead atoms. The molecule has 0 aliphatic heterocycles. The predicted molar refractivity (Wildman–Crippen MR) is 69.3 cm³/mol. The van der Waals surface area contributed by atoms with Crippen LogP contribution >= 0.6 is 11.6 Å². The summed E-state index contributed by atoms with van der Waals surface area (Å²) in [6.07, 6.45) is 0. The fourth-order valence-electron chi connectivity index (χ4n) is 2.34. The van der Waals surface area contributed by atoms with Crippen molar-refractivity contribution in [3.05, 3.63) is 70.0 Å². The van der Waals surface area contributed by atoms with Gasteiger partial charge < -0.3 is 0 Å². The van der Waals surface area contributed by atoms with Crippen molar-refractivity contribution < 1.29 is 14.0 Å². The Hall–Kier alpha value is -2.00. The summed E-state index contributed by atoms with van der Waals surface area (Å²) in [4.78, 5) is 24.5. The molecule has 19 heavy (non-hydrogen) atoms. The van der Waals surface area contributed by atoms with Gasteiger partial charge in [-0.2, -0.15) is 0 Å². The second-order valence-corrected chi connectivity index (χ2v) is 4.79. The highest BCUT2D eigenvalue weighted by atomic mass is 35.5.